The Balaban J connectivity index is 0.0000000849. The molecule has 0 aromatic rings. The predicted molar refractivity (Wildman–Crippen MR) is 427 cm³/mol. The number of hydrogen-bond donors (Lipinski definition) is 8. The monoisotopic (exact) mass is 1430 g/mol. The normalized spacial score (nSPS) is 55.6. The third-order valence-corrected chi connectivity index (χ3v) is 37.9. The molecule has 0 aromatic heterocycles. The van der Waals surface area contributed by atoms with Gasteiger partial charge in [0.15, 0.2) is 0 Å². The van der Waals surface area contributed by atoms with Crippen LogP contribution in [0.1, 0.15) is 349 Å². The first kappa shape index (κ1) is 74.6. The zero-order chi connectivity index (χ0) is 71.4. The number of amides is 1. The van der Waals surface area contributed by atoms with Crippen molar-refractivity contribution < 1.29 is 4.79 Å². The topological polar surface area (TPSA) is 200 Å². The highest BCUT2D eigenvalue weighted by Crippen LogP contribution is 2.67. The molecule has 10 heteroatoms. The molecule has 33 aliphatic rings. The fourth-order valence-corrected chi connectivity index (χ4v) is 38.1. The van der Waals surface area contributed by atoms with Gasteiger partial charge in [-0.25, -0.2) is 0 Å². The van der Waals surface area contributed by atoms with E-state index >= 15 is 0 Å². The molecule has 1 saturated heterocycles. The van der Waals surface area contributed by atoms with Crippen molar-refractivity contribution in [3.63, 3.8) is 0 Å². The van der Waals surface area contributed by atoms with Crippen molar-refractivity contribution in [3.05, 3.63) is 0 Å². The number of nitrogens with one attached hydrogen (secondary N) is 2. The quantitative estimate of drug-likeness (QED) is 0.122. The number of likely N-dealkylation sites (tertiary alicyclic amines) is 1. The molecular formula is C94H161N9O. The number of piperidine rings is 1. The second-order valence-corrected chi connectivity index (χ2v) is 48.0. The molecule has 0 spiro atoms. The summed E-state index contributed by atoms with van der Waals surface area (Å²) >= 11 is 0. The highest BCUT2D eigenvalue weighted by Gasteiger charge is 2.61. The minimum Gasteiger partial charge on any atom is -0.351 e. The third-order valence-electron chi connectivity index (χ3n) is 37.9. The summed E-state index contributed by atoms with van der Waals surface area (Å²) in [4.78, 5) is 14.1. The van der Waals surface area contributed by atoms with Crippen LogP contribution in [-0.4, -0.2) is 83.3 Å². The molecule has 0 aromatic carbocycles. The largest absolute Gasteiger partial charge is 0.351 e. The molecule has 1 aliphatic heterocycles. The summed E-state index contributed by atoms with van der Waals surface area (Å²) in [6.45, 7) is 14.5. The van der Waals surface area contributed by atoms with E-state index in [0.29, 0.717) is 50.4 Å². The Hall–Kier alpha value is -0.850. The van der Waals surface area contributed by atoms with Crippen molar-refractivity contribution in [3.8, 4) is 0 Å². The first-order chi connectivity index (χ1) is 49.7. The maximum Gasteiger partial charge on any atom is 0.217 e. The van der Waals surface area contributed by atoms with Crippen LogP contribution >= 0.6 is 0 Å². The fourth-order valence-electron chi connectivity index (χ4n) is 38.1. The molecule has 1 heterocycles. The predicted octanol–water partition coefficient (Wildman–Crippen LogP) is 18.1. The summed E-state index contributed by atoms with van der Waals surface area (Å²) in [5.74, 6) is 23.8. The van der Waals surface area contributed by atoms with Gasteiger partial charge in [-0.2, -0.15) is 0 Å². The van der Waals surface area contributed by atoms with Crippen LogP contribution in [0.5, 0.6) is 0 Å². The lowest BCUT2D eigenvalue weighted by Gasteiger charge is -2.64. The highest BCUT2D eigenvalue weighted by atomic mass is 16.1. The SMILES string of the molecule is C1CCN(C23CC4CC(CC(C4)C2)C3)CC1.CC(=O)NC12CC3CC(CC(C3)C1)C2.CC(N)C12CC3CC(CC(C3)C1)C2.CC12CC3CC(C)(C1)CC(N)(C3)C2.NC12CC3CC(CC(C3)C1)C2.NC1C2CC3CC(C2)CC1C3.NCC12CC3CC(CC(C3)C1)C2.NCCNC12CC3CC(CC(C3)C1)C2. The molecule has 32 bridgehead atoms. The van der Waals surface area contributed by atoms with E-state index in [1.165, 1.54) is 289 Å². The summed E-state index contributed by atoms with van der Waals surface area (Å²) in [6.07, 6.45) is 73.2. The smallest absolute Gasteiger partial charge is 0.217 e. The Morgan fingerprint density at radius 2 is 0.721 bits per heavy atom. The van der Waals surface area contributed by atoms with Crippen LogP contribution in [0, 0.1) is 158 Å². The zero-order valence-corrected chi connectivity index (χ0v) is 67.6. The summed E-state index contributed by atoms with van der Waals surface area (Å²) in [7, 11) is 0. The van der Waals surface area contributed by atoms with Gasteiger partial charge in [0, 0.05) is 59.8 Å². The van der Waals surface area contributed by atoms with Gasteiger partial charge in [-0.3, -0.25) is 9.69 Å². The summed E-state index contributed by atoms with van der Waals surface area (Å²) in [5.41, 5.74) is 41.1. The van der Waals surface area contributed by atoms with E-state index in [-0.39, 0.29) is 17.0 Å². The third kappa shape index (κ3) is 15.6. The van der Waals surface area contributed by atoms with Gasteiger partial charge in [-0.15, -0.1) is 0 Å². The minimum atomic E-state index is 0.173. The van der Waals surface area contributed by atoms with Gasteiger partial charge < -0.3 is 45.0 Å². The van der Waals surface area contributed by atoms with Crippen LogP contribution in [0.3, 0.4) is 0 Å². The molecular weight excluding hydrogens is 1270 g/mol. The number of rotatable bonds is 7. The molecule has 0 radical (unpaired) electrons. The van der Waals surface area contributed by atoms with E-state index in [4.69, 9.17) is 34.4 Å². The summed E-state index contributed by atoms with van der Waals surface area (Å²) < 4.78 is 0. The van der Waals surface area contributed by atoms with Crippen molar-refractivity contribution in [2.45, 2.75) is 389 Å². The maximum atomic E-state index is 11.2. The Morgan fingerprint density at radius 3 is 1.05 bits per heavy atom. The average Bonchev–Trinajstić information content (AvgIpc) is 0.697. The second-order valence-electron chi connectivity index (χ2n) is 48.0. The van der Waals surface area contributed by atoms with Gasteiger partial charge in [0.1, 0.15) is 0 Å². The first-order valence-electron chi connectivity index (χ1n) is 47.0. The Labute approximate surface area is 636 Å². The molecule has 32 aliphatic carbocycles. The molecule has 3 unspecified atom stereocenters. The van der Waals surface area contributed by atoms with Crippen molar-refractivity contribution in [1.29, 1.82) is 0 Å². The van der Waals surface area contributed by atoms with E-state index in [1.54, 1.807) is 51.9 Å². The molecule has 10 nitrogen and oxygen atoms in total. The Bertz CT molecular complexity index is 2690. The van der Waals surface area contributed by atoms with Crippen molar-refractivity contribution in [2.75, 3.05) is 32.7 Å². The van der Waals surface area contributed by atoms with Crippen molar-refractivity contribution >= 4 is 5.91 Å². The standard InChI is InChI=1S/C15H25N.C12H22N2.C12H19NO.2C12H21N.C11H19N.2C10H17N/c1-2-4-16(5-3-1)15-9-12-6-13(10-15)8-14(7-12)11-15;13-1-2-14-12-6-9-3-10(7-12)5-11(4-9)8-12;1-8(14)13-12-5-9-2-10(6-12)4-11(3-9)7-12;1-10-3-9-4-11(2,6-10)8-12(13,5-9)7-10;1-8(13)12-5-9-2-10(6-12)4-11(3-9)7-12;12-7-11-4-8-1-9(5-11)3-10(2-8)6-11;11-10-4-7-1-8(5-10)3-9(2-7)6-10;11-10-8-2-6-1-7(4-8)5-9(10)3-6/h12-14H,1-11H2;9-11,14H,1-8,13H2;9-11H,2-7H2,1H3,(H,13,14);9H,3-8,13H2,1-2H3;8-11H,2-7,13H2,1H3;8-10H,1-7,12H2;7-9H,1-6,11H2;6-10H,1-5,11H2. The number of nitrogens with zero attached hydrogens (tertiary/aromatic N) is 1. The van der Waals surface area contributed by atoms with Gasteiger partial charge >= 0.3 is 0 Å². The summed E-state index contributed by atoms with van der Waals surface area (Å²) in [6, 6.07) is 1.03. The minimum absolute atomic E-state index is 0.173. The average molecular weight is 1430 g/mol. The number of nitrogens with two attached hydrogens (primary N) is 6. The van der Waals surface area contributed by atoms with E-state index in [9.17, 15) is 4.79 Å². The van der Waals surface area contributed by atoms with Crippen LogP contribution in [0.2, 0.25) is 0 Å². The van der Waals surface area contributed by atoms with E-state index in [0.717, 1.165) is 156 Å². The lowest BCUT2D eigenvalue weighted by atomic mass is 9.43. The molecule has 33 rings (SSSR count). The van der Waals surface area contributed by atoms with Gasteiger partial charge in [0.05, 0.1) is 0 Å². The Kier molecular flexibility index (Phi) is 20.5. The first-order valence-corrected chi connectivity index (χ1v) is 47.0. The fraction of sp³-hybridized carbons (Fsp3) is 0.989. The zero-order valence-electron chi connectivity index (χ0n) is 67.6. The second kappa shape index (κ2) is 28.6. The van der Waals surface area contributed by atoms with Crippen LogP contribution in [0.25, 0.3) is 0 Å². The van der Waals surface area contributed by atoms with Crippen LogP contribution in [0.4, 0.5) is 0 Å². The number of carbonyl (C=O) groups excluding carboxylic acids is 1. The van der Waals surface area contributed by atoms with E-state index in [1.807, 2.05) is 0 Å². The van der Waals surface area contributed by atoms with Gasteiger partial charge in [0.2, 0.25) is 5.91 Å². The van der Waals surface area contributed by atoms with E-state index in [2.05, 4.69) is 36.3 Å². The lowest BCUT2D eigenvalue weighted by Crippen LogP contribution is -2.62. The Morgan fingerprint density at radius 1 is 0.394 bits per heavy atom. The van der Waals surface area contributed by atoms with E-state index < -0.39 is 0 Å². The van der Waals surface area contributed by atoms with Crippen LogP contribution in [0.15, 0.2) is 0 Å². The van der Waals surface area contributed by atoms with Crippen molar-refractivity contribution in [1.82, 2.24) is 15.5 Å². The molecule has 588 valence electrons. The van der Waals surface area contributed by atoms with Crippen molar-refractivity contribution in [2.24, 2.45) is 192 Å². The molecule has 3 atom stereocenters. The van der Waals surface area contributed by atoms with Gasteiger partial charge in [0.25, 0.3) is 0 Å². The van der Waals surface area contributed by atoms with Crippen LogP contribution in [-0.2, 0) is 4.79 Å². The molecule has 104 heavy (non-hydrogen) atoms. The molecule has 14 N–H and O–H groups in total. The lowest BCUT2D eigenvalue weighted by molar-refractivity contribution is -0.124. The van der Waals surface area contributed by atoms with Crippen LogP contribution < -0.4 is 45.0 Å². The maximum absolute atomic E-state index is 11.2. The highest BCUT2D eigenvalue weighted by molar-refractivity contribution is 5.74. The number of hydrogen-bond acceptors (Lipinski definition) is 9. The van der Waals surface area contributed by atoms with Gasteiger partial charge in [-0.1, -0.05) is 20.3 Å². The van der Waals surface area contributed by atoms with Gasteiger partial charge in [-0.05, 0) is 499 Å². The molecule has 1 amide bonds. The molecule has 33 fully saturated rings. The number of carbonyl (C=O) groups is 1. The molecule has 32 saturated carbocycles. The summed E-state index contributed by atoms with van der Waals surface area (Å²) in [5, 5.41) is 7.00.